The van der Waals surface area contributed by atoms with Crippen molar-refractivity contribution in [1.82, 2.24) is 5.32 Å². The lowest BCUT2D eigenvalue weighted by molar-refractivity contribution is -0.143. The monoisotopic (exact) mass is 293 g/mol. The number of aryl methyl sites for hydroxylation is 1. The standard InChI is InChI=1S/C16H23NO4/c1-11(2)14(16(19)20)10-17-15(18)7-8-21-13-6-4-5-12(3)9-13/h4-6,9,11,14H,7-8,10H2,1-3H3,(H,17,18)(H,19,20). The van der Waals surface area contributed by atoms with Crippen molar-refractivity contribution < 1.29 is 19.4 Å². The first kappa shape index (κ1) is 17.0. The molecule has 0 spiro atoms. The topological polar surface area (TPSA) is 75.6 Å². The first-order chi connectivity index (χ1) is 9.90. The smallest absolute Gasteiger partial charge is 0.308 e. The number of hydrogen-bond acceptors (Lipinski definition) is 3. The summed E-state index contributed by atoms with van der Waals surface area (Å²) in [6, 6.07) is 7.60. The second-order valence-corrected chi connectivity index (χ2v) is 5.41. The third kappa shape index (κ3) is 6.29. The molecule has 1 amide bonds. The first-order valence-corrected chi connectivity index (χ1v) is 7.09. The van der Waals surface area contributed by atoms with E-state index in [9.17, 15) is 9.59 Å². The van der Waals surface area contributed by atoms with Crippen molar-refractivity contribution in [2.24, 2.45) is 11.8 Å². The fraction of sp³-hybridized carbons (Fsp3) is 0.500. The van der Waals surface area contributed by atoms with Crippen molar-refractivity contribution in [2.75, 3.05) is 13.2 Å². The van der Waals surface area contributed by atoms with Crippen LogP contribution < -0.4 is 10.1 Å². The Hall–Kier alpha value is -2.04. The molecule has 5 nitrogen and oxygen atoms in total. The fourth-order valence-corrected chi connectivity index (χ4v) is 1.89. The van der Waals surface area contributed by atoms with Gasteiger partial charge in [-0.2, -0.15) is 0 Å². The van der Waals surface area contributed by atoms with Crippen molar-refractivity contribution in [1.29, 1.82) is 0 Å². The Balaban J connectivity index is 2.29. The fourth-order valence-electron chi connectivity index (χ4n) is 1.89. The maximum Gasteiger partial charge on any atom is 0.308 e. The first-order valence-electron chi connectivity index (χ1n) is 7.09. The summed E-state index contributed by atoms with van der Waals surface area (Å²) in [4.78, 5) is 22.7. The van der Waals surface area contributed by atoms with Crippen LogP contribution in [0.2, 0.25) is 0 Å². The number of amides is 1. The van der Waals surface area contributed by atoms with E-state index in [4.69, 9.17) is 9.84 Å². The van der Waals surface area contributed by atoms with Crippen LogP contribution in [-0.2, 0) is 9.59 Å². The highest BCUT2D eigenvalue weighted by Gasteiger charge is 2.21. The highest BCUT2D eigenvalue weighted by atomic mass is 16.5. The van der Waals surface area contributed by atoms with Crippen LogP contribution in [0.4, 0.5) is 0 Å². The molecule has 0 fully saturated rings. The van der Waals surface area contributed by atoms with Crippen molar-refractivity contribution in [2.45, 2.75) is 27.2 Å². The van der Waals surface area contributed by atoms with Gasteiger partial charge < -0.3 is 15.2 Å². The Kier molecular flexibility index (Phi) is 6.72. The molecular weight excluding hydrogens is 270 g/mol. The van der Waals surface area contributed by atoms with Gasteiger partial charge in [0.1, 0.15) is 5.75 Å². The van der Waals surface area contributed by atoms with Crippen LogP contribution in [-0.4, -0.2) is 30.1 Å². The van der Waals surface area contributed by atoms with Crippen LogP contribution in [0.5, 0.6) is 5.75 Å². The van der Waals surface area contributed by atoms with E-state index in [0.29, 0.717) is 0 Å². The second kappa shape index (κ2) is 8.29. The van der Waals surface area contributed by atoms with Crippen LogP contribution in [0.25, 0.3) is 0 Å². The zero-order valence-corrected chi connectivity index (χ0v) is 12.8. The zero-order valence-electron chi connectivity index (χ0n) is 12.8. The van der Waals surface area contributed by atoms with E-state index >= 15 is 0 Å². The van der Waals surface area contributed by atoms with Crippen molar-refractivity contribution in [3.63, 3.8) is 0 Å². The van der Waals surface area contributed by atoms with E-state index in [-0.39, 0.29) is 31.4 Å². The van der Waals surface area contributed by atoms with Crippen LogP contribution in [0.1, 0.15) is 25.8 Å². The number of hydrogen-bond donors (Lipinski definition) is 2. The van der Waals surface area contributed by atoms with E-state index < -0.39 is 11.9 Å². The molecule has 0 saturated heterocycles. The van der Waals surface area contributed by atoms with Crippen LogP contribution in [0, 0.1) is 18.8 Å². The average Bonchev–Trinajstić information content (AvgIpc) is 2.38. The molecule has 0 bridgehead atoms. The number of ether oxygens (including phenoxy) is 1. The van der Waals surface area contributed by atoms with Crippen LogP contribution in [0.15, 0.2) is 24.3 Å². The van der Waals surface area contributed by atoms with E-state index in [1.165, 1.54) is 0 Å². The highest BCUT2D eigenvalue weighted by Crippen LogP contribution is 2.12. The lowest BCUT2D eigenvalue weighted by atomic mass is 9.96. The number of carbonyl (C=O) groups is 2. The molecule has 0 aliphatic heterocycles. The Morgan fingerprint density at radius 1 is 1.33 bits per heavy atom. The largest absolute Gasteiger partial charge is 0.493 e. The molecule has 2 N–H and O–H groups in total. The quantitative estimate of drug-likeness (QED) is 0.770. The number of carboxylic acids is 1. The normalized spacial score (nSPS) is 12.0. The molecule has 0 aromatic heterocycles. The molecule has 1 rings (SSSR count). The van der Waals surface area contributed by atoms with Gasteiger partial charge in [-0.3, -0.25) is 9.59 Å². The Labute approximate surface area is 125 Å². The van der Waals surface area contributed by atoms with Crippen molar-refractivity contribution >= 4 is 11.9 Å². The number of carboxylic acid groups (broad SMARTS) is 1. The van der Waals surface area contributed by atoms with Gasteiger partial charge in [-0.05, 0) is 30.5 Å². The van der Waals surface area contributed by atoms with Crippen LogP contribution >= 0.6 is 0 Å². The predicted octanol–water partition coefficient (Wildman–Crippen LogP) is 2.24. The minimum Gasteiger partial charge on any atom is -0.493 e. The number of benzene rings is 1. The Bertz CT molecular complexity index is 485. The Morgan fingerprint density at radius 3 is 2.62 bits per heavy atom. The minimum atomic E-state index is -0.888. The van der Waals surface area contributed by atoms with Crippen molar-refractivity contribution in [3.8, 4) is 5.75 Å². The summed E-state index contributed by atoms with van der Waals surface area (Å²) in [7, 11) is 0. The summed E-state index contributed by atoms with van der Waals surface area (Å²) < 4.78 is 5.48. The van der Waals surface area contributed by atoms with Gasteiger partial charge in [-0.1, -0.05) is 26.0 Å². The zero-order chi connectivity index (χ0) is 15.8. The summed E-state index contributed by atoms with van der Waals surface area (Å²) in [6.07, 6.45) is 0.207. The Morgan fingerprint density at radius 2 is 2.05 bits per heavy atom. The molecule has 1 aromatic rings. The molecule has 1 atom stereocenters. The predicted molar refractivity (Wildman–Crippen MR) is 80.3 cm³/mol. The molecule has 116 valence electrons. The molecule has 0 heterocycles. The average molecular weight is 293 g/mol. The van der Waals surface area contributed by atoms with Gasteiger partial charge in [-0.15, -0.1) is 0 Å². The molecule has 1 unspecified atom stereocenters. The molecule has 0 saturated carbocycles. The summed E-state index contributed by atoms with van der Waals surface area (Å²) in [5.41, 5.74) is 1.10. The third-order valence-corrected chi connectivity index (χ3v) is 3.23. The van der Waals surface area contributed by atoms with Crippen LogP contribution in [0.3, 0.4) is 0 Å². The SMILES string of the molecule is Cc1cccc(OCCC(=O)NCC(C(=O)O)C(C)C)c1. The van der Waals surface area contributed by atoms with E-state index in [1.54, 1.807) is 0 Å². The lowest BCUT2D eigenvalue weighted by Crippen LogP contribution is -2.36. The number of aliphatic carboxylic acids is 1. The van der Waals surface area contributed by atoms with Gasteiger partial charge in [0.25, 0.3) is 0 Å². The summed E-state index contributed by atoms with van der Waals surface area (Å²) >= 11 is 0. The van der Waals surface area contributed by atoms with Gasteiger partial charge in [0, 0.05) is 6.54 Å². The van der Waals surface area contributed by atoms with Gasteiger partial charge in [0.15, 0.2) is 0 Å². The third-order valence-electron chi connectivity index (χ3n) is 3.23. The van der Waals surface area contributed by atoms with Gasteiger partial charge >= 0.3 is 5.97 Å². The summed E-state index contributed by atoms with van der Waals surface area (Å²) in [6.45, 7) is 6.04. The maximum absolute atomic E-state index is 11.7. The number of nitrogens with one attached hydrogen (secondary N) is 1. The van der Waals surface area contributed by atoms with E-state index in [1.807, 2.05) is 45.0 Å². The lowest BCUT2D eigenvalue weighted by Gasteiger charge is -2.16. The second-order valence-electron chi connectivity index (χ2n) is 5.41. The molecule has 1 aromatic carbocycles. The van der Waals surface area contributed by atoms with E-state index in [2.05, 4.69) is 5.32 Å². The summed E-state index contributed by atoms with van der Waals surface area (Å²) in [5.74, 6) is -0.942. The van der Waals surface area contributed by atoms with E-state index in [0.717, 1.165) is 11.3 Å². The molecule has 0 aliphatic rings. The van der Waals surface area contributed by atoms with Gasteiger partial charge in [-0.25, -0.2) is 0 Å². The summed E-state index contributed by atoms with van der Waals surface area (Å²) in [5, 5.41) is 11.7. The molecule has 5 heteroatoms. The molecule has 21 heavy (non-hydrogen) atoms. The van der Waals surface area contributed by atoms with Crippen molar-refractivity contribution in [3.05, 3.63) is 29.8 Å². The molecule has 0 aliphatic carbocycles. The number of rotatable bonds is 8. The van der Waals surface area contributed by atoms with Gasteiger partial charge in [0.2, 0.25) is 5.91 Å². The maximum atomic E-state index is 11.7. The van der Waals surface area contributed by atoms with Gasteiger partial charge in [0.05, 0.1) is 18.9 Å². The number of carbonyl (C=O) groups excluding carboxylic acids is 1. The molecular formula is C16H23NO4. The minimum absolute atomic E-state index is 0.0219. The molecule has 0 radical (unpaired) electrons. The highest BCUT2D eigenvalue weighted by molar-refractivity contribution is 5.77.